The third-order valence-electron chi connectivity index (χ3n) is 4.90. The summed E-state index contributed by atoms with van der Waals surface area (Å²) in [5.41, 5.74) is 2.70. The monoisotopic (exact) mass is 357 g/mol. The highest BCUT2D eigenvalue weighted by atomic mass is 16.7. The summed E-state index contributed by atoms with van der Waals surface area (Å²) in [5.74, 6) is 0. The molecule has 0 aliphatic carbocycles. The lowest BCUT2D eigenvalue weighted by atomic mass is 9.78. The molecule has 8 heteroatoms. The van der Waals surface area contributed by atoms with Crippen LogP contribution >= 0.6 is 0 Å². The minimum absolute atomic E-state index is 0. The number of benzene rings is 1. The van der Waals surface area contributed by atoms with Gasteiger partial charge in [-0.1, -0.05) is 24.3 Å². The van der Waals surface area contributed by atoms with E-state index in [4.69, 9.17) is 19.4 Å². The summed E-state index contributed by atoms with van der Waals surface area (Å²) in [6.45, 7) is 12.5. The van der Waals surface area contributed by atoms with Crippen molar-refractivity contribution in [3.8, 4) is 11.1 Å². The van der Waals surface area contributed by atoms with Gasteiger partial charge in [0.05, 0.1) is 17.4 Å². The molecule has 2 N–H and O–H groups in total. The van der Waals surface area contributed by atoms with Crippen LogP contribution < -0.4 is 5.46 Å². The van der Waals surface area contributed by atoms with E-state index in [2.05, 4.69) is 77.1 Å². The molecule has 6 nitrogen and oxygen atoms in total. The molecule has 2 aromatic rings. The Balaban J connectivity index is 0.000000758. The molecule has 0 spiro atoms. The van der Waals surface area contributed by atoms with Crippen molar-refractivity contribution in [1.29, 1.82) is 0 Å². The average molecular weight is 357 g/mol. The largest absolute Gasteiger partial charge is 0.494 e. The number of hydrogen-bond acceptors (Lipinski definition) is 5. The predicted molar refractivity (Wildman–Crippen MR) is 104 cm³/mol. The number of aromatic nitrogens is 2. The van der Waals surface area contributed by atoms with Gasteiger partial charge in [-0.05, 0) is 52.6 Å². The van der Waals surface area contributed by atoms with Crippen molar-refractivity contribution in [2.75, 3.05) is 0 Å². The standard InChI is InChI=1S/C18H25BN2O2.BH2O2/c1-13(2)21-12-15(11-20-21)14-7-9-16(10-8-14)19-22-17(3,4)18(5,6)23-19;2-1-3/h7-13H,1-6H3;2-3H. The van der Waals surface area contributed by atoms with Gasteiger partial charge in [0.15, 0.2) is 0 Å². The average Bonchev–Trinajstić information content (AvgIpc) is 3.12. The Labute approximate surface area is 156 Å². The van der Waals surface area contributed by atoms with Crippen LogP contribution in [0.15, 0.2) is 36.7 Å². The first-order chi connectivity index (χ1) is 12.1. The van der Waals surface area contributed by atoms with Gasteiger partial charge in [0.25, 0.3) is 0 Å². The maximum Gasteiger partial charge on any atom is 0.494 e. The van der Waals surface area contributed by atoms with Crippen LogP contribution in [0.2, 0.25) is 0 Å². The van der Waals surface area contributed by atoms with Crippen molar-refractivity contribution in [2.24, 2.45) is 0 Å². The Morgan fingerprint density at radius 1 is 1.00 bits per heavy atom. The smallest absolute Gasteiger partial charge is 0.429 e. The van der Waals surface area contributed by atoms with Gasteiger partial charge in [-0.3, -0.25) is 4.68 Å². The molecule has 0 bridgehead atoms. The van der Waals surface area contributed by atoms with Gasteiger partial charge < -0.3 is 19.4 Å². The van der Waals surface area contributed by atoms with Crippen molar-refractivity contribution in [1.82, 2.24) is 9.78 Å². The first-order valence-electron chi connectivity index (χ1n) is 8.71. The number of hydrogen-bond donors (Lipinski definition) is 2. The van der Waals surface area contributed by atoms with Crippen LogP contribution in [0.1, 0.15) is 47.6 Å². The molecular formula is C18H27B2N2O4. The summed E-state index contributed by atoms with van der Waals surface area (Å²) in [6.07, 6.45) is 3.98. The molecule has 0 unspecified atom stereocenters. The fraction of sp³-hybridized carbons (Fsp3) is 0.500. The van der Waals surface area contributed by atoms with E-state index in [1.165, 1.54) is 0 Å². The minimum atomic E-state index is -0.313. The summed E-state index contributed by atoms with van der Waals surface area (Å²) < 4.78 is 14.2. The summed E-state index contributed by atoms with van der Waals surface area (Å²) in [7, 11) is -0.313. The number of nitrogens with zero attached hydrogens (tertiary/aromatic N) is 2. The lowest BCUT2D eigenvalue weighted by Crippen LogP contribution is -2.41. The zero-order valence-corrected chi connectivity index (χ0v) is 16.3. The molecule has 0 amide bonds. The van der Waals surface area contributed by atoms with Crippen LogP contribution in [0, 0.1) is 0 Å². The third-order valence-corrected chi connectivity index (χ3v) is 4.90. The van der Waals surface area contributed by atoms with E-state index >= 15 is 0 Å². The van der Waals surface area contributed by atoms with Crippen molar-refractivity contribution >= 4 is 20.3 Å². The highest BCUT2D eigenvalue weighted by Crippen LogP contribution is 2.36. The summed E-state index contributed by atoms with van der Waals surface area (Å²) in [4.78, 5) is 0. The van der Waals surface area contributed by atoms with E-state index in [1.54, 1.807) is 0 Å². The second kappa shape index (κ2) is 7.96. The normalized spacial score (nSPS) is 17.8. The molecule has 1 aliphatic heterocycles. The van der Waals surface area contributed by atoms with Crippen molar-refractivity contribution < 1.29 is 19.4 Å². The SMILES string of the molecule is CC(C)n1cc(-c2ccc(B3OC(C)(C)C(C)(C)O3)cc2)cn1.O[B]O. The topological polar surface area (TPSA) is 76.7 Å². The van der Waals surface area contributed by atoms with Crippen molar-refractivity contribution in [3.63, 3.8) is 0 Å². The fourth-order valence-electron chi connectivity index (χ4n) is 2.58. The van der Waals surface area contributed by atoms with Gasteiger partial charge in [0, 0.05) is 17.8 Å². The molecule has 139 valence electrons. The number of rotatable bonds is 3. The second-order valence-electron chi connectivity index (χ2n) is 7.63. The van der Waals surface area contributed by atoms with Crippen LogP contribution in [0.5, 0.6) is 0 Å². The van der Waals surface area contributed by atoms with E-state index in [1.807, 2.05) is 10.9 Å². The minimum Gasteiger partial charge on any atom is -0.429 e. The summed E-state index contributed by atoms with van der Waals surface area (Å²) in [6, 6.07) is 8.71. The van der Waals surface area contributed by atoms with Crippen LogP contribution in [-0.2, 0) is 9.31 Å². The molecule has 1 aromatic carbocycles. The zero-order valence-electron chi connectivity index (χ0n) is 16.3. The Hall–Kier alpha value is -1.60. The van der Waals surface area contributed by atoms with E-state index in [0.717, 1.165) is 16.6 Å². The molecule has 1 aromatic heterocycles. The van der Waals surface area contributed by atoms with Gasteiger partial charge >= 0.3 is 14.8 Å². The lowest BCUT2D eigenvalue weighted by molar-refractivity contribution is 0.00578. The van der Waals surface area contributed by atoms with E-state index in [9.17, 15) is 0 Å². The molecule has 1 saturated heterocycles. The fourth-order valence-corrected chi connectivity index (χ4v) is 2.58. The Morgan fingerprint density at radius 3 is 1.92 bits per heavy atom. The van der Waals surface area contributed by atoms with Crippen molar-refractivity contribution in [2.45, 2.75) is 58.8 Å². The van der Waals surface area contributed by atoms with Crippen LogP contribution in [0.4, 0.5) is 0 Å². The highest BCUT2D eigenvalue weighted by Gasteiger charge is 2.51. The summed E-state index contributed by atoms with van der Waals surface area (Å²) >= 11 is 0. The van der Waals surface area contributed by atoms with Crippen molar-refractivity contribution in [3.05, 3.63) is 36.7 Å². The first-order valence-corrected chi connectivity index (χ1v) is 8.71. The van der Waals surface area contributed by atoms with Gasteiger partial charge in [-0.25, -0.2) is 0 Å². The van der Waals surface area contributed by atoms with E-state index in [-0.39, 0.29) is 26.0 Å². The maximum atomic E-state index is 7.00. The molecule has 1 aliphatic rings. The van der Waals surface area contributed by atoms with Gasteiger partial charge in [-0.2, -0.15) is 5.10 Å². The molecule has 3 rings (SSSR count). The predicted octanol–water partition coefficient (Wildman–Crippen LogP) is 1.94. The Morgan fingerprint density at radius 2 is 1.50 bits per heavy atom. The Kier molecular flexibility index (Phi) is 6.34. The van der Waals surface area contributed by atoms with Gasteiger partial charge in [0.2, 0.25) is 0 Å². The molecule has 26 heavy (non-hydrogen) atoms. The van der Waals surface area contributed by atoms with E-state index in [0.29, 0.717) is 6.04 Å². The lowest BCUT2D eigenvalue weighted by Gasteiger charge is -2.32. The van der Waals surface area contributed by atoms with Crippen LogP contribution in [0.25, 0.3) is 11.1 Å². The Bertz CT molecular complexity index is 698. The summed E-state index contributed by atoms with van der Waals surface area (Å²) in [5, 5.41) is 18.4. The molecule has 2 heterocycles. The van der Waals surface area contributed by atoms with Gasteiger partial charge in [-0.15, -0.1) is 0 Å². The molecule has 1 fully saturated rings. The molecule has 0 atom stereocenters. The van der Waals surface area contributed by atoms with E-state index < -0.39 is 0 Å². The molecular weight excluding hydrogens is 330 g/mol. The van der Waals surface area contributed by atoms with Crippen LogP contribution in [0.3, 0.4) is 0 Å². The quantitative estimate of drug-likeness (QED) is 0.822. The van der Waals surface area contributed by atoms with Crippen LogP contribution in [-0.4, -0.2) is 45.8 Å². The highest BCUT2D eigenvalue weighted by molar-refractivity contribution is 6.62. The maximum absolute atomic E-state index is 7.00. The molecule has 1 radical (unpaired) electrons. The molecule has 0 saturated carbocycles. The second-order valence-corrected chi connectivity index (χ2v) is 7.63. The zero-order chi connectivity index (χ0) is 19.5. The third kappa shape index (κ3) is 4.38. The first kappa shape index (κ1) is 20.7. The van der Waals surface area contributed by atoms with Gasteiger partial charge in [0.1, 0.15) is 0 Å².